The molecule has 0 aliphatic carbocycles. The lowest BCUT2D eigenvalue weighted by molar-refractivity contribution is 0.102. The Hall–Kier alpha value is -3.26. The van der Waals surface area contributed by atoms with Crippen molar-refractivity contribution in [3.8, 4) is 17.1 Å². The molecule has 0 fully saturated rings. The maximum absolute atomic E-state index is 12.4. The van der Waals surface area contributed by atoms with Gasteiger partial charge in [0.25, 0.3) is 5.91 Å². The number of nitrogens with one attached hydrogen (secondary N) is 2. The van der Waals surface area contributed by atoms with Crippen molar-refractivity contribution >= 4 is 27.5 Å². The van der Waals surface area contributed by atoms with Gasteiger partial charge in [-0.3, -0.25) is 14.5 Å². The molecule has 1 aromatic carbocycles. The highest BCUT2D eigenvalue weighted by atomic mass is 79.9. The zero-order valence-corrected chi connectivity index (χ0v) is 15.0. The first kappa shape index (κ1) is 16.2. The molecule has 4 rings (SSSR count). The Labute approximate surface area is 157 Å². The number of hydrogen-bond donors (Lipinski definition) is 2. The van der Waals surface area contributed by atoms with Gasteiger partial charge in [-0.15, -0.1) is 0 Å². The van der Waals surface area contributed by atoms with E-state index < -0.39 is 0 Å². The zero-order valence-electron chi connectivity index (χ0n) is 13.4. The number of imidazole rings is 1. The molecule has 0 bridgehead atoms. The van der Waals surface area contributed by atoms with Gasteiger partial charge in [-0.05, 0) is 30.3 Å². The fraction of sp³-hybridized carbons (Fsp3) is 0. The number of benzene rings is 1. The van der Waals surface area contributed by atoms with E-state index in [1.807, 2.05) is 24.3 Å². The van der Waals surface area contributed by atoms with Crippen LogP contribution in [0.5, 0.6) is 0 Å². The molecule has 3 aromatic heterocycles. The normalized spacial score (nSPS) is 10.7. The first-order valence-corrected chi connectivity index (χ1v) is 8.55. The van der Waals surface area contributed by atoms with Gasteiger partial charge < -0.3 is 5.32 Å². The van der Waals surface area contributed by atoms with Crippen LogP contribution in [0.4, 0.5) is 5.69 Å². The smallest absolute Gasteiger partial charge is 0.273 e. The minimum Gasteiger partial charge on any atom is -0.319 e. The van der Waals surface area contributed by atoms with E-state index in [9.17, 15) is 4.79 Å². The number of H-pyrrole nitrogens is 1. The summed E-state index contributed by atoms with van der Waals surface area (Å²) in [4.78, 5) is 20.7. The van der Waals surface area contributed by atoms with Crippen LogP contribution in [0, 0.1) is 0 Å². The summed E-state index contributed by atoms with van der Waals surface area (Å²) in [6.45, 7) is 0. The number of anilines is 1. The highest BCUT2D eigenvalue weighted by Gasteiger charge is 2.11. The number of halogens is 1. The maximum atomic E-state index is 12.4. The van der Waals surface area contributed by atoms with Crippen LogP contribution in [0.1, 0.15) is 10.5 Å². The van der Waals surface area contributed by atoms with Crippen LogP contribution in [0.2, 0.25) is 0 Å². The number of pyridine rings is 1. The molecule has 0 saturated heterocycles. The molecule has 0 atom stereocenters. The standard InChI is InChI=1S/C18H13BrN6O/c19-13-3-1-12(2-4-13)15-9-16(24-23-15)18(26)22-14-5-6-17(21-10-14)25-8-7-20-11-25/h1-11H,(H,22,26)(H,23,24). The number of aromatic nitrogens is 5. The minimum atomic E-state index is -0.280. The van der Waals surface area contributed by atoms with Crippen LogP contribution < -0.4 is 5.32 Å². The molecule has 1 amide bonds. The Morgan fingerprint density at radius 3 is 2.69 bits per heavy atom. The molecule has 4 aromatic rings. The predicted octanol–water partition coefficient (Wildman–Crippen LogP) is 3.67. The number of nitrogens with zero attached hydrogens (tertiary/aromatic N) is 4. The van der Waals surface area contributed by atoms with E-state index in [0.717, 1.165) is 15.9 Å². The van der Waals surface area contributed by atoms with Crippen molar-refractivity contribution < 1.29 is 4.79 Å². The predicted molar refractivity (Wildman–Crippen MR) is 101 cm³/mol. The van der Waals surface area contributed by atoms with E-state index in [2.05, 4.69) is 41.4 Å². The van der Waals surface area contributed by atoms with Crippen LogP contribution in [0.25, 0.3) is 17.1 Å². The summed E-state index contributed by atoms with van der Waals surface area (Å²) >= 11 is 3.40. The SMILES string of the molecule is O=C(Nc1ccc(-n2ccnc2)nc1)c1cc(-c2ccc(Br)cc2)n[nH]1. The number of amides is 1. The average molecular weight is 409 g/mol. The van der Waals surface area contributed by atoms with E-state index in [4.69, 9.17) is 0 Å². The molecular formula is C18H13BrN6O. The number of aromatic amines is 1. The number of hydrogen-bond acceptors (Lipinski definition) is 4. The van der Waals surface area contributed by atoms with Crippen LogP contribution in [0.15, 0.2) is 71.9 Å². The Kier molecular flexibility index (Phi) is 4.32. The summed E-state index contributed by atoms with van der Waals surface area (Å²) in [5, 5.41) is 9.77. The van der Waals surface area contributed by atoms with Crippen molar-refractivity contribution in [2.45, 2.75) is 0 Å². The van der Waals surface area contributed by atoms with Gasteiger partial charge in [0.1, 0.15) is 17.8 Å². The van der Waals surface area contributed by atoms with Gasteiger partial charge in [0.15, 0.2) is 0 Å². The van der Waals surface area contributed by atoms with Crippen molar-refractivity contribution in [2.75, 3.05) is 5.32 Å². The fourth-order valence-corrected chi connectivity index (χ4v) is 2.68. The molecular weight excluding hydrogens is 396 g/mol. The topological polar surface area (TPSA) is 88.5 Å². The monoisotopic (exact) mass is 408 g/mol. The van der Waals surface area contributed by atoms with E-state index in [-0.39, 0.29) is 5.91 Å². The molecule has 26 heavy (non-hydrogen) atoms. The van der Waals surface area contributed by atoms with Gasteiger partial charge in [-0.1, -0.05) is 28.1 Å². The van der Waals surface area contributed by atoms with E-state index >= 15 is 0 Å². The van der Waals surface area contributed by atoms with Gasteiger partial charge in [-0.2, -0.15) is 5.10 Å². The number of carbonyl (C=O) groups excluding carboxylic acids is 1. The Balaban J connectivity index is 1.47. The fourth-order valence-electron chi connectivity index (χ4n) is 2.41. The summed E-state index contributed by atoms with van der Waals surface area (Å²) in [6, 6.07) is 13.0. The van der Waals surface area contributed by atoms with E-state index in [1.165, 1.54) is 0 Å². The van der Waals surface area contributed by atoms with Crippen molar-refractivity contribution in [3.05, 3.63) is 77.5 Å². The highest BCUT2D eigenvalue weighted by molar-refractivity contribution is 9.10. The van der Waals surface area contributed by atoms with Crippen LogP contribution >= 0.6 is 15.9 Å². The third-order valence-electron chi connectivity index (χ3n) is 3.74. The third-order valence-corrected chi connectivity index (χ3v) is 4.27. The summed E-state index contributed by atoms with van der Waals surface area (Å²) < 4.78 is 2.77. The lowest BCUT2D eigenvalue weighted by atomic mass is 10.1. The summed E-state index contributed by atoms with van der Waals surface area (Å²) in [5.74, 6) is 0.442. The molecule has 0 saturated carbocycles. The molecule has 7 nitrogen and oxygen atoms in total. The van der Waals surface area contributed by atoms with Gasteiger partial charge in [0, 0.05) is 22.4 Å². The Morgan fingerprint density at radius 1 is 1.15 bits per heavy atom. The first-order chi connectivity index (χ1) is 12.7. The van der Waals surface area contributed by atoms with E-state index in [1.54, 1.807) is 47.7 Å². The van der Waals surface area contributed by atoms with Gasteiger partial charge in [0.2, 0.25) is 0 Å². The molecule has 2 N–H and O–H groups in total. The minimum absolute atomic E-state index is 0.280. The lowest BCUT2D eigenvalue weighted by Gasteiger charge is -2.05. The Bertz CT molecular complexity index is 1020. The van der Waals surface area contributed by atoms with E-state index in [0.29, 0.717) is 17.1 Å². The third kappa shape index (κ3) is 3.40. The molecule has 128 valence electrons. The van der Waals surface area contributed by atoms with Crippen LogP contribution in [-0.4, -0.2) is 30.6 Å². The maximum Gasteiger partial charge on any atom is 0.273 e. The largest absolute Gasteiger partial charge is 0.319 e. The number of carbonyl (C=O) groups is 1. The second-order valence-corrected chi connectivity index (χ2v) is 6.42. The molecule has 0 aliphatic rings. The second-order valence-electron chi connectivity index (χ2n) is 5.50. The van der Waals surface area contributed by atoms with Crippen molar-refractivity contribution in [1.29, 1.82) is 0 Å². The summed E-state index contributed by atoms with van der Waals surface area (Å²) in [7, 11) is 0. The van der Waals surface area contributed by atoms with Gasteiger partial charge >= 0.3 is 0 Å². The van der Waals surface area contributed by atoms with Crippen LogP contribution in [-0.2, 0) is 0 Å². The highest BCUT2D eigenvalue weighted by Crippen LogP contribution is 2.21. The molecule has 0 radical (unpaired) electrons. The summed E-state index contributed by atoms with van der Waals surface area (Å²) in [6.07, 6.45) is 6.74. The van der Waals surface area contributed by atoms with Gasteiger partial charge in [-0.25, -0.2) is 9.97 Å². The Morgan fingerprint density at radius 2 is 2.00 bits per heavy atom. The summed E-state index contributed by atoms with van der Waals surface area (Å²) in [5.41, 5.74) is 2.60. The zero-order chi connectivity index (χ0) is 17.9. The molecule has 0 unspecified atom stereocenters. The van der Waals surface area contributed by atoms with Crippen molar-refractivity contribution in [1.82, 2.24) is 24.7 Å². The van der Waals surface area contributed by atoms with Crippen molar-refractivity contribution in [2.24, 2.45) is 0 Å². The quantitative estimate of drug-likeness (QED) is 0.538. The number of rotatable bonds is 4. The molecule has 0 spiro atoms. The second kappa shape index (κ2) is 6.93. The molecule has 3 heterocycles. The molecule has 0 aliphatic heterocycles. The first-order valence-electron chi connectivity index (χ1n) is 7.76. The van der Waals surface area contributed by atoms with Crippen molar-refractivity contribution in [3.63, 3.8) is 0 Å². The van der Waals surface area contributed by atoms with Gasteiger partial charge in [0.05, 0.1) is 17.6 Å². The lowest BCUT2D eigenvalue weighted by Crippen LogP contribution is -2.12. The molecule has 8 heteroatoms. The average Bonchev–Trinajstić information content (AvgIpc) is 3.35. The van der Waals surface area contributed by atoms with Crippen LogP contribution in [0.3, 0.4) is 0 Å².